The lowest BCUT2D eigenvalue weighted by molar-refractivity contribution is 0.375. The second kappa shape index (κ2) is 12.2. The van der Waals surface area contributed by atoms with Gasteiger partial charge < -0.3 is 14.3 Å². The van der Waals surface area contributed by atoms with Crippen molar-refractivity contribution in [2.75, 3.05) is 0 Å². The highest BCUT2D eigenvalue weighted by atomic mass is 31.2. The molecular formula is C38H43O3P. The van der Waals surface area contributed by atoms with Gasteiger partial charge in [0.25, 0.3) is 0 Å². The molecule has 0 atom stereocenters. The molecule has 2 N–H and O–H groups in total. The summed E-state index contributed by atoms with van der Waals surface area (Å²) in [6, 6.07) is 28.6. The van der Waals surface area contributed by atoms with Gasteiger partial charge in [0.15, 0.2) is 0 Å². The molecular weight excluding hydrogens is 535 g/mol. The van der Waals surface area contributed by atoms with E-state index >= 15 is 0 Å². The van der Waals surface area contributed by atoms with E-state index in [1.54, 1.807) is 0 Å². The van der Waals surface area contributed by atoms with E-state index in [0.29, 0.717) is 17.6 Å². The topological polar surface area (TPSA) is 49.7 Å². The van der Waals surface area contributed by atoms with Gasteiger partial charge >= 0.3 is 8.60 Å². The van der Waals surface area contributed by atoms with Crippen LogP contribution in [0.3, 0.4) is 0 Å². The zero-order valence-electron chi connectivity index (χ0n) is 26.1. The van der Waals surface area contributed by atoms with E-state index < -0.39 is 8.60 Å². The Bertz CT molecular complexity index is 1750. The van der Waals surface area contributed by atoms with Gasteiger partial charge in [0, 0.05) is 5.56 Å². The third-order valence-electron chi connectivity index (χ3n) is 8.41. The van der Waals surface area contributed by atoms with E-state index in [1.807, 2.05) is 12.1 Å². The van der Waals surface area contributed by atoms with Crippen molar-refractivity contribution in [3.63, 3.8) is 0 Å². The SMILES string of the molecule is CC(C)c1ccc2cc(-c3cccc(OP(O)O)c3-c3cc4ccc(C(C)C)cc4cc3C(C)C)c(C(C)C)cc2c1. The maximum atomic E-state index is 10.0. The molecule has 0 saturated carbocycles. The van der Waals surface area contributed by atoms with Crippen molar-refractivity contribution in [3.8, 4) is 28.0 Å². The van der Waals surface area contributed by atoms with Crippen molar-refractivity contribution >= 4 is 30.1 Å². The molecule has 4 heteroatoms. The molecule has 0 spiro atoms. The third-order valence-corrected chi connectivity index (χ3v) is 8.77. The van der Waals surface area contributed by atoms with Gasteiger partial charge in [-0.1, -0.05) is 116 Å². The molecule has 42 heavy (non-hydrogen) atoms. The molecule has 0 aromatic heterocycles. The van der Waals surface area contributed by atoms with E-state index in [1.165, 1.54) is 38.4 Å². The zero-order chi connectivity index (χ0) is 30.3. The Morgan fingerprint density at radius 2 is 1.00 bits per heavy atom. The van der Waals surface area contributed by atoms with Crippen molar-refractivity contribution in [1.29, 1.82) is 0 Å². The van der Waals surface area contributed by atoms with Crippen LogP contribution in [-0.2, 0) is 0 Å². The van der Waals surface area contributed by atoms with Gasteiger partial charge in [-0.05, 0) is 102 Å². The van der Waals surface area contributed by atoms with E-state index in [0.717, 1.165) is 27.6 Å². The van der Waals surface area contributed by atoms with Crippen LogP contribution in [0.2, 0.25) is 0 Å². The van der Waals surface area contributed by atoms with Crippen LogP contribution in [0.25, 0.3) is 43.8 Å². The van der Waals surface area contributed by atoms with Crippen LogP contribution in [0, 0.1) is 0 Å². The van der Waals surface area contributed by atoms with Crippen LogP contribution in [-0.4, -0.2) is 9.79 Å². The summed E-state index contributed by atoms with van der Waals surface area (Å²) in [5, 5.41) is 4.80. The fourth-order valence-electron chi connectivity index (χ4n) is 5.99. The molecule has 0 aliphatic rings. The van der Waals surface area contributed by atoms with Gasteiger partial charge in [-0.2, -0.15) is 0 Å². The summed E-state index contributed by atoms with van der Waals surface area (Å²) >= 11 is 0. The molecule has 0 amide bonds. The van der Waals surface area contributed by atoms with Gasteiger partial charge in [-0.15, -0.1) is 0 Å². The van der Waals surface area contributed by atoms with E-state index in [9.17, 15) is 9.79 Å². The van der Waals surface area contributed by atoms with E-state index in [2.05, 4.69) is 122 Å². The number of hydrogen-bond acceptors (Lipinski definition) is 3. The first-order valence-electron chi connectivity index (χ1n) is 15.1. The highest BCUT2D eigenvalue weighted by Gasteiger charge is 2.23. The van der Waals surface area contributed by atoms with Crippen LogP contribution < -0.4 is 4.52 Å². The molecule has 218 valence electrons. The minimum atomic E-state index is -2.59. The fraction of sp³-hybridized carbons (Fsp3) is 0.316. The van der Waals surface area contributed by atoms with Crippen LogP contribution in [0.5, 0.6) is 5.75 Å². The summed E-state index contributed by atoms with van der Waals surface area (Å²) in [5.74, 6) is 1.92. The van der Waals surface area contributed by atoms with Crippen molar-refractivity contribution in [2.24, 2.45) is 0 Å². The first-order valence-corrected chi connectivity index (χ1v) is 16.3. The van der Waals surface area contributed by atoms with Gasteiger partial charge in [-0.25, -0.2) is 0 Å². The predicted octanol–water partition coefficient (Wildman–Crippen LogP) is 11.4. The molecule has 0 fully saturated rings. The third kappa shape index (κ3) is 5.97. The number of fused-ring (bicyclic) bond motifs is 2. The summed E-state index contributed by atoms with van der Waals surface area (Å²) in [4.78, 5) is 20.0. The first kappa shape index (κ1) is 30.2. The lowest BCUT2D eigenvalue weighted by atomic mass is 9.82. The number of rotatable bonds is 8. The lowest BCUT2D eigenvalue weighted by Gasteiger charge is -2.23. The zero-order valence-corrected chi connectivity index (χ0v) is 27.0. The van der Waals surface area contributed by atoms with Crippen molar-refractivity contribution in [1.82, 2.24) is 0 Å². The van der Waals surface area contributed by atoms with Gasteiger partial charge in [0.05, 0.1) is 0 Å². The van der Waals surface area contributed by atoms with Gasteiger partial charge in [0.2, 0.25) is 0 Å². The molecule has 0 unspecified atom stereocenters. The Balaban J connectivity index is 1.85. The molecule has 5 rings (SSSR count). The largest absolute Gasteiger partial charge is 0.426 e. The molecule has 5 aromatic rings. The van der Waals surface area contributed by atoms with Crippen molar-refractivity contribution in [2.45, 2.75) is 79.1 Å². The van der Waals surface area contributed by atoms with E-state index in [4.69, 9.17) is 4.52 Å². The molecule has 0 bridgehead atoms. The van der Waals surface area contributed by atoms with Gasteiger partial charge in [0.1, 0.15) is 5.75 Å². The summed E-state index contributed by atoms with van der Waals surface area (Å²) in [7, 11) is -2.59. The van der Waals surface area contributed by atoms with Crippen molar-refractivity contribution < 1.29 is 14.3 Å². The van der Waals surface area contributed by atoms with Crippen LogP contribution in [0.15, 0.2) is 78.9 Å². The van der Waals surface area contributed by atoms with E-state index in [-0.39, 0.29) is 11.8 Å². The smallest absolute Gasteiger partial charge is 0.391 e. The van der Waals surface area contributed by atoms with Crippen LogP contribution in [0.1, 0.15) is 101 Å². The first-order chi connectivity index (χ1) is 19.9. The molecule has 0 aliphatic carbocycles. The number of hydrogen-bond donors (Lipinski definition) is 2. The monoisotopic (exact) mass is 578 g/mol. The maximum absolute atomic E-state index is 10.0. The van der Waals surface area contributed by atoms with Gasteiger partial charge in [-0.3, -0.25) is 0 Å². The minimum Gasteiger partial charge on any atom is -0.426 e. The molecule has 3 nitrogen and oxygen atoms in total. The summed E-state index contributed by atoms with van der Waals surface area (Å²) in [5.41, 5.74) is 9.23. The van der Waals surface area contributed by atoms with Crippen molar-refractivity contribution in [3.05, 3.63) is 101 Å². The molecule has 0 radical (unpaired) electrons. The molecule has 5 aromatic carbocycles. The Morgan fingerprint density at radius 1 is 0.500 bits per heavy atom. The maximum Gasteiger partial charge on any atom is 0.391 e. The molecule has 0 aliphatic heterocycles. The quantitative estimate of drug-likeness (QED) is 0.180. The second-order valence-electron chi connectivity index (χ2n) is 12.7. The summed E-state index contributed by atoms with van der Waals surface area (Å²) in [6.07, 6.45) is 0. The Morgan fingerprint density at radius 3 is 1.48 bits per heavy atom. The second-order valence-corrected chi connectivity index (χ2v) is 13.4. The normalized spacial score (nSPS) is 12.2. The highest BCUT2D eigenvalue weighted by Crippen LogP contribution is 2.48. The minimum absolute atomic E-state index is 0.244. The molecule has 0 saturated heterocycles. The average molecular weight is 579 g/mol. The highest BCUT2D eigenvalue weighted by molar-refractivity contribution is 7.39. The van der Waals surface area contributed by atoms with Crippen LogP contribution in [0.4, 0.5) is 0 Å². The fourth-order valence-corrected chi connectivity index (χ4v) is 6.32. The Kier molecular flexibility index (Phi) is 8.76. The molecule has 0 heterocycles. The summed E-state index contributed by atoms with van der Waals surface area (Å²) in [6.45, 7) is 17.8. The van der Waals surface area contributed by atoms with Crippen LogP contribution >= 0.6 is 8.60 Å². The lowest BCUT2D eigenvalue weighted by Crippen LogP contribution is -2.00. The number of benzene rings is 5. The predicted molar refractivity (Wildman–Crippen MR) is 181 cm³/mol. The Labute approximate surface area is 252 Å². The average Bonchev–Trinajstić information content (AvgIpc) is 2.94. The summed E-state index contributed by atoms with van der Waals surface area (Å²) < 4.78 is 5.77. The Hall–Kier alpha value is -3.23. The standard InChI is InChI=1S/C38H43O3P/c1-22(2)26-12-14-28-18-35(33(24(5)6)20-30(28)16-26)32-10-9-11-37(41-42(39)40)38(32)36-19-29-15-13-27(23(3)4)17-31(29)21-34(36)25(7)8/h9-25,39-40H,1-8H3.